The lowest BCUT2D eigenvalue weighted by Crippen LogP contribution is -2.69. The zero-order chi connectivity index (χ0) is 22.4. The molecule has 2 aromatic heterocycles. The zero-order valence-corrected chi connectivity index (χ0v) is 18.3. The van der Waals surface area contributed by atoms with Crippen LogP contribution < -0.4 is 0 Å². The Labute approximate surface area is 191 Å². The van der Waals surface area contributed by atoms with Crippen LogP contribution in [-0.2, 0) is 11.3 Å². The topological polar surface area (TPSA) is 72.4 Å². The fourth-order valence-electron chi connectivity index (χ4n) is 6.93. The summed E-state index contributed by atoms with van der Waals surface area (Å²) >= 11 is 0. The average Bonchev–Trinajstić information content (AvgIpc) is 3.19. The lowest BCUT2D eigenvalue weighted by Gasteiger charge is -2.72. The van der Waals surface area contributed by atoms with Crippen LogP contribution in [0.3, 0.4) is 0 Å². The highest BCUT2D eigenvalue weighted by Crippen LogP contribution is 2.85. The summed E-state index contributed by atoms with van der Waals surface area (Å²) in [6.45, 7) is 0.568. The summed E-state index contributed by atoms with van der Waals surface area (Å²) in [5.74, 6) is 0.388. The molecule has 4 aliphatic carbocycles. The largest absolute Gasteiger partial charge is 0.481 e. The maximum atomic E-state index is 13.6. The summed E-state index contributed by atoms with van der Waals surface area (Å²) in [7, 11) is 0. The van der Waals surface area contributed by atoms with Gasteiger partial charge in [0, 0.05) is 29.0 Å². The van der Waals surface area contributed by atoms with E-state index in [9.17, 15) is 14.7 Å². The molecule has 5 nitrogen and oxygen atoms in total. The van der Waals surface area contributed by atoms with Gasteiger partial charge in [0.25, 0.3) is 0 Å². The van der Waals surface area contributed by atoms with Crippen molar-refractivity contribution in [1.82, 2.24) is 4.57 Å². The molecule has 4 saturated carbocycles. The molecule has 0 saturated heterocycles. The number of rotatable bonds is 7. The van der Waals surface area contributed by atoms with Gasteiger partial charge in [-0.2, -0.15) is 0 Å². The molecule has 4 aliphatic rings. The van der Waals surface area contributed by atoms with Gasteiger partial charge < -0.3 is 14.1 Å². The molecule has 0 unspecified atom stereocenters. The number of carbonyl (C=O) groups excluding carboxylic acids is 1. The molecule has 2 aromatic carbocycles. The van der Waals surface area contributed by atoms with Crippen LogP contribution >= 0.6 is 0 Å². The first-order valence-electron chi connectivity index (χ1n) is 11.7. The second kappa shape index (κ2) is 6.16. The van der Waals surface area contributed by atoms with Crippen LogP contribution in [0.1, 0.15) is 54.6 Å². The monoisotopic (exact) mass is 439 g/mol. The van der Waals surface area contributed by atoms with Crippen molar-refractivity contribution >= 4 is 33.6 Å². The number of nitrogens with zero attached hydrogens (tertiary/aromatic N) is 1. The fourth-order valence-corrected chi connectivity index (χ4v) is 6.93. The van der Waals surface area contributed by atoms with E-state index in [1.165, 1.54) is 0 Å². The molecule has 4 fully saturated rings. The maximum Gasteiger partial charge on any atom is 0.309 e. The number of carboxylic acids is 1. The molecule has 5 heteroatoms. The molecule has 0 aliphatic heterocycles. The third-order valence-corrected chi connectivity index (χ3v) is 8.85. The van der Waals surface area contributed by atoms with E-state index in [-0.39, 0.29) is 16.6 Å². The SMILES string of the molecule is O=C(CC1(C23CC(C(=O)O)(C2)C3)CC1)c1cccc2ccn(Cc3cc4ccccc4o3)c12. The van der Waals surface area contributed by atoms with Crippen molar-refractivity contribution in [3.8, 4) is 0 Å². The van der Waals surface area contributed by atoms with Crippen molar-refractivity contribution in [3.05, 3.63) is 72.1 Å². The molecule has 166 valence electrons. The van der Waals surface area contributed by atoms with E-state index in [1.54, 1.807) is 0 Å². The van der Waals surface area contributed by atoms with Gasteiger partial charge in [0.15, 0.2) is 5.78 Å². The number of hydrogen-bond acceptors (Lipinski definition) is 3. The first kappa shape index (κ1) is 19.2. The van der Waals surface area contributed by atoms with Crippen LogP contribution in [0.25, 0.3) is 21.9 Å². The number of furan rings is 1. The normalized spacial score (nSPS) is 26.7. The van der Waals surface area contributed by atoms with Gasteiger partial charge in [-0.05, 0) is 67.2 Å². The predicted molar refractivity (Wildman–Crippen MR) is 124 cm³/mol. The second-order valence-corrected chi connectivity index (χ2v) is 10.7. The van der Waals surface area contributed by atoms with Gasteiger partial charge in [0.2, 0.25) is 0 Å². The van der Waals surface area contributed by atoms with Crippen LogP contribution in [0.2, 0.25) is 0 Å². The molecule has 2 heterocycles. The highest BCUT2D eigenvalue weighted by Gasteiger charge is 2.80. The number of benzene rings is 2. The van der Waals surface area contributed by atoms with E-state index in [4.69, 9.17) is 4.42 Å². The molecule has 0 spiro atoms. The maximum absolute atomic E-state index is 13.6. The van der Waals surface area contributed by atoms with Crippen molar-refractivity contribution in [1.29, 1.82) is 0 Å². The van der Waals surface area contributed by atoms with Crippen molar-refractivity contribution in [2.45, 2.75) is 45.1 Å². The number of para-hydroxylation sites is 2. The van der Waals surface area contributed by atoms with Gasteiger partial charge in [-0.3, -0.25) is 9.59 Å². The molecule has 0 atom stereocenters. The Morgan fingerprint density at radius 2 is 1.73 bits per heavy atom. The summed E-state index contributed by atoms with van der Waals surface area (Å²) in [6, 6.07) is 18.0. The van der Waals surface area contributed by atoms with Crippen molar-refractivity contribution < 1.29 is 19.1 Å². The Bertz CT molecular complexity index is 1410. The standard InChI is InChI=1S/C28H25NO4/c30-22(13-27(9-10-27)28-15-26(16-28,17-28)25(31)32)21-6-3-5-18-8-11-29(24(18)21)14-20-12-19-4-1-2-7-23(19)33-20/h1-8,11-12H,9-10,13-17H2,(H,31,32). The van der Waals surface area contributed by atoms with E-state index >= 15 is 0 Å². The number of carbonyl (C=O) groups is 2. The van der Waals surface area contributed by atoms with Crippen LogP contribution in [0, 0.1) is 16.2 Å². The Morgan fingerprint density at radius 1 is 0.970 bits per heavy atom. The van der Waals surface area contributed by atoms with Gasteiger partial charge in [-0.15, -0.1) is 0 Å². The molecule has 8 rings (SSSR count). The van der Waals surface area contributed by atoms with E-state index in [0.29, 0.717) is 13.0 Å². The Hall–Kier alpha value is -3.34. The lowest BCUT2D eigenvalue weighted by atomic mass is 9.30. The number of aromatic nitrogens is 1. The number of aliphatic carboxylic acids is 1. The number of ketones is 1. The van der Waals surface area contributed by atoms with Crippen LogP contribution in [0.4, 0.5) is 0 Å². The Morgan fingerprint density at radius 3 is 2.45 bits per heavy atom. The third kappa shape index (κ3) is 2.53. The van der Waals surface area contributed by atoms with Gasteiger partial charge in [0.05, 0.1) is 17.5 Å². The van der Waals surface area contributed by atoms with Gasteiger partial charge in [-0.25, -0.2) is 0 Å². The van der Waals surface area contributed by atoms with Crippen molar-refractivity contribution in [2.24, 2.45) is 16.2 Å². The summed E-state index contributed by atoms with van der Waals surface area (Å²) < 4.78 is 8.14. The smallest absolute Gasteiger partial charge is 0.309 e. The highest BCUT2D eigenvalue weighted by atomic mass is 16.4. The fraction of sp³-hybridized carbons (Fsp3) is 0.357. The molecular formula is C28H25NO4. The first-order chi connectivity index (χ1) is 15.9. The molecule has 4 aromatic rings. The second-order valence-electron chi connectivity index (χ2n) is 10.7. The molecule has 1 N–H and O–H groups in total. The summed E-state index contributed by atoms with van der Waals surface area (Å²) in [4.78, 5) is 25.2. The van der Waals surface area contributed by atoms with Gasteiger partial charge in [0.1, 0.15) is 11.3 Å². The predicted octanol–water partition coefficient (Wildman–Crippen LogP) is 6.04. The molecule has 33 heavy (non-hydrogen) atoms. The van der Waals surface area contributed by atoms with Crippen LogP contribution in [-0.4, -0.2) is 21.4 Å². The minimum absolute atomic E-state index is 0.0135. The van der Waals surface area contributed by atoms with Gasteiger partial charge >= 0.3 is 5.97 Å². The highest BCUT2D eigenvalue weighted by molar-refractivity contribution is 6.07. The van der Waals surface area contributed by atoms with Crippen LogP contribution in [0.5, 0.6) is 0 Å². The Kier molecular flexibility index (Phi) is 3.58. The molecular weight excluding hydrogens is 414 g/mol. The van der Waals surface area contributed by atoms with E-state index in [0.717, 1.165) is 65.3 Å². The number of carboxylic acid groups (broad SMARTS) is 1. The minimum atomic E-state index is -0.653. The quantitative estimate of drug-likeness (QED) is 0.356. The van der Waals surface area contributed by atoms with Crippen molar-refractivity contribution in [3.63, 3.8) is 0 Å². The van der Waals surface area contributed by atoms with E-state index in [1.807, 2.05) is 48.7 Å². The van der Waals surface area contributed by atoms with E-state index < -0.39 is 11.4 Å². The number of Topliss-reactive ketones (excluding diaryl/α,β-unsaturated/α-hetero) is 1. The summed E-state index contributed by atoms with van der Waals surface area (Å²) in [6.07, 6.45) is 6.92. The summed E-state index contributed by atoms with van der Waals surface area (Å²) in [5.41, 5.74) is 2.21. The number of hydrogen-bond donors (Lipinski definition) is 1. The zero-order valence-electron chi connectivity index (χ0n) is 18.3. The third-order valence-electron chi connectivity index (χ3n) is 8.85. The average molecular weight is 440 g/mol. The van der Waals surface area contributed by atoms with Crippen molar-refractivity contribution in [2.75, 3.05) is 0 Å². The molecule has 2 bridgehead atoms. The van der Waals surface area contributed by atoms with E-state index in [2.05, 4.69) is 16.7 Å². The molecule has 0 amide bonds. The molecule has 0 radical (unpaired) electrons. The lowest BCUT2D eigenvalue weighted by molar-refractivity contribution is -0.248. The first-order valence-corrected chi connectivity index (χ1v) is 11.7. The van der Waals surface area contributed by atoms with Gasteiger partial charge in [-0.1, -0.05) is 30.3 Å². The van der Waals surface area contributed by atoms with Crippen LogP contribution in [0.15, 0.2) is 65.2 Å². The number of fused-ring (bicyclic) bond motifs is 2. The Balaban J connectivity index is 1.18. The summed E-state index contributed by atoms with van der Waals surface area (Å²) in [5, 5.41) is 11.6. The minimum Gasteiger partial charge on any atom is -0.481 e.